The van der Waals surface area contributed by atoms with Crippen molar-refractivity contribution in [3.8, 4) is 11.3 Å². The highest BCUT2D eigenvalue weighted by molar-refractivity contribution is 5.56. The van der Waals surface area contributed by atoms with Crippen molar-refractivity contribution in [2.75, 3.05) is 5.73 Å². The van der Waals surface area contributed by atoms with E-state index in [1.807, 2.05) is 10.9 Å². The SMILES string of the molecule is CCCn1cc(-c2cnc(N)cn2)cn1. The lowest BCUT2D eigenvalue weighted by Crippen LogP contribution is -1.95. The van der Waals surface area contributed by atoms with E-state index in [4.69, 9.17) is 5.73 Å². The second kappa shape index (κ2) is 4.08. The molecule has 0 aliphatic carbocycles. The summed E-state index contributed by atoms with van der Waals surface area (Å²) < 4.78 is 1.90. The zero-order valence-electron chi connectivity index (χ0n) is 8.59. The summed E-state index contributed by atoms with van der Waals surface area (Å²) in [7, 11) is 0. The molecule has 0 fully saturated rings. The topological polar surface area (TPSA) is 69.6 Å². The van der Waals surface area contributed by atoms with Crippen LogP contribution in [-0.2, 0) is 6.54 Å². The van der Waals surface area contributed by atoms with Gasteiger partial charge < -0.3 is 5.73 Å². The van der Waals surface area contributed by atoms with Gasteiger partial charge in [-0.25, -0.2) is 4.98 Å². The van der Waals surface area contributed by atoms with Crippen LogP contribution in [0.25, 0.3) is 11.3 Å². The van der Waals surface area contributed by atoms with Crippen LogP contribution in [0.3, 0.4) is 0 Å². The Labute approximate surface area is 88.0 Å². The van der Waals surface area contributed by atoms with E-state index >= 15 is 0 Å². The Kier molecular flexibility index (Phi) is 2.62. The smallest absolute Gasteiger partial charge is 0.141 e. The van der Waals surface area contributed by atoms with Crippen molar-refractivity contribution in [2.24, 2.45) is 0 Å². The largest absolute Gasteiger partial charge is 0.382 e. The van der Waals surface area contributed by atoms with Crippen molar-refractivity contribution < 1.29 is 0 Å². The van der Waals surface area contributed by atoms with Gasteiger partial charge in [0, 0.05) is 18.3 Å². The highest BCUT2D eigenvalue weighted by atomic mass is 15.3. The number of hydrogen-bond acceptors (Lipinski definition) is 4. The quantitative estimate of drug-likeness (QED) is 0.817. The minimum Gasteiger partial charge on any atom is -0.382 e. The van der Waals surface area contributed by atoms with Crippen LogP contribution in [0.1, 0.15) is 13.3 Å². The maximum absolute atomic E-state index is 5.46. The lowest BCUT2D eigenvalue weighted by Gasteiger charge is -1.96. The van der Waals surface area contributed by atoms with Gasteiger partial charge in [-0.1, -0.05) is 6.92 Å². The normalized spacial score (nSPS) is 10.5. The first kappa shape index (κ1) is 9.64. The molecule has 0 saturated heterocycles. The lowest BCUT2D eigenvalue weighted by molar-refractivity contribution is 0.603. The molecule has 5 nitrogen and oxygen atoms in total. The monoisotopic (exact) mass is 203 g/mol. The van der Waals surface area contributed by atoms with Crippen molar-refractivity contribution >= 4 is 5.82 Å². The van der Waals surface area contributed by atoms with E-state index < -0.39 is 0 Å². The molecule has 5 heteroatoms. The van der Waals surface area contributed by atoms with E-state index in [0.29, 0.717) is 5.82 Å². The van der Waals surface area contributed by atoms with Gasteiger partial charge in [-0.15, -0.1) is 0 Å². The maximum atomic E-state index is 5.46. The Morgan fingerprint density at radius 3 is 2.80 bits per heavy atom. The van der Waals surface area contributed by atoms with Gasteiger partial charge in [0.1, 0.15) is 5.82 Å². The number of nitrogens with zero attached hydrogens (tertiary/aromatic N) is 4. The van der Waals surface area contributed by atoms with E-state index in [0.717, 1.165) is 24.2 Å². The molecule has 0 bridgehead atoms. The first-order valence-electron chi connectivity index (χ1n) is 4.90. The van der Waals surface area contributed by atoms with Crippen molar-refractivity contribution in [3.05, 3.63) is 24.8 Å². The van der Waals surface area contributed by atoms with Gasteiger partial charge in [0.25, 0.3) is 0 Å². The van der Waals surface area contributed by atoms with Gasteiger partial charge in [0.2, 0.25) is 0 Å². The molecule has 78 valence electrons. The van der Waals surface area contributed by atoms with Gasteiger partial charge in [-0.3, -0.25) is 9.67 Å². The number of aromatic nitrogens is 4. The van der Waals surface area contributed by atoms with Gasteiger partial charge in [-0.2, -0.15) is 5.10 Å². The average molecular weight is 203 g/mol. The summed E-state index contributed by atoms with van der Waals surface area (Å²) in [4.78, 5) is 8.17. The summed E-state index contributed by atoms with van der Waals surface area (Å²) in [6.07, 6.45) is 8.02. The van der Waals surface area contributed by atoms with Crippen LogP contribution in [0.4, 0.5) is 5.82 Å². The van der Waals surface area contributed by atoms with Crippen molar-refractivity contribution in [1.29, 1.82) is 0 Å². The first-order chi connectivity index (χ1) is 7.29. The predicted molar refractivity (Wildman–Crippen MR) is 58.0 cm³/mol. The predicted octanol–water partition coefficient (Wildman–Crippen LogP) is 1.33. The lowest BCUT2D eigenvalue weighted by atomic mass is 10.3. The molecule has 0 atom stereocenters. The molecule has 2 rings (SSSR count). The zero-order chi connectivity index (χ0) is 10.7. The highest BCUT2D eigenvalue weighted by Crippen LogP contribution is 2.14. The number of anilines is 1. The number of rotatable bonds is 3. The second-order valence-electron chi connectivity index (χ2n) is 3.32. The van der Waals surface area contributed by atoms with Crippen LogP contribution >= 0.6 is 0 Å². The molecule has 2 aromatic heterocycles. The molecule has 15 heavy (non-hydrogen) atoms. The van der Waals surface area contributed by atoms with E-state index in [1.165, 1.54) is 0 Å². The Bertz CT molecular complexity index is 431. The van der Waals surface area contributed by atoms with Crippen LogP contribution < -0.4 is 5.73 Å². The first-order valence-corrected chi connectivity index (χ1v) is 4.90. The van der Waals surface area contributed by atoms with Crippen LogP contribution in [0.2, 0.25) is 0 Å². The molecule has 2 N–H and O–H groups in total. The molecule has 2 heterocycles. The Morgan fingerprint density at radius 2 is 2.13 bits per heavy atom. The summed E-state index contributed by atoms with van der Waals surface area (Å²) in [5.74, 6) is 0.430. The second-order valence-corrected chi connectivity index (χ2v) is 3.32. The molecule has 0 amide bonds. The van der Waals surface area contributed by atoms with Crippen LogP contribution in [-0.4, -0.2) is 19.7 Å². The summed E-state index contributed by atoms with van der Waals surface area (Å²) in [6, 6.07) is 0. The van der Waals surface area contributed by atoms with Crippen LogP contribution in [0.5, 0.6) is 0 Å². The van der Waals surface area contributed by atoms with Crippen LogP contribution in [0, 0.1) is 0 Å². The van der Waals surface area contributed by atoms with E-state index in [9.17, 15) is 0 Å². The summed E-state index contributed by atoms with van der Waals surface area (Å²) in [5, 5.41) is 4.22. The fourth-order valence-corrected chi connectivity index (χ4v) is 1.33. The van der Waals surface area contributed by atoms with Crippen LogP contribution in [0.15, 0.2) is 24.8 Å². The molecule has 0 unspecified atom stereocenters. The molecule has 0 spiro atoms. The summed E-state index contributed by atoms with van der Waals surface area (Å²) in [5.41, 5.74) is 7.23. The highest BCUT2D eigenvalue weighted by Gasteiger charge is 2.02. The summed E-state index contributed by atoms with van der Waals surface area (Å²) in [6.45, 7) is 3.03. The standard InChI is InChI=1S/C10H13N5/c1-2-3-15-7-8(4-14-15)9-5-13-10(11)6-12-9/h4-7H,2-3H2,1H3,(H2,11,13). The molecule has 0 radical (unpaired) electrons. The zero-order valence-corrected chi connectivity index (χ0v) is 8.59. The van der Waals surface area contributed by atoms with Gasteiger partial charge >= 0.3 is 0 Å². The number of hydrogen-bond donors (Lipinski definition) is 1. The fourth-order valence-electron chi connectivity index (χ4n) is 1.33. The van der Waals surface area contributed by atoms with Gasteiger partial charge in [0.15, 0.2) is 0 Å². The number of nitrogens with two attached hydrogens (primary N) is 1. The Morgan fingerprint density at radius 1 is 1.27 bits per heavy atom. The molecule has 0 aliphatic rings. The van der Waals surface area contributed by atoms with E-state index in [2.05, 4.69) is 22.0 Å². The van der Waals surface area contributed by atoms with Crippen molar-refractivity contribution in [3.63, 3.8) is 0 Å². The number of nitrogen functional groups attached to an aromatic ring is 1. The van der Waals surface area contributed by atoms with Crippen molar-refractivity contribution in [2.45, 2.75) is 19.9 Å². The minimum absolute atomic E-state index is 0.430. The molecular weight excluding hydrogens is 190 g/mol. The van der Waals surface area contributed by atoms with Gasteiger partial charge in [0.05, 0.1) is 24.3 Å². The van der Waals surface area contributed by atoms with Gasteiger partial charge in [-0.05, 0) is 6.42 Å². The molecule has 0 aliphatic heterocycles. The maximum Gasteiger partial charge on any atom is 0.141 e. The van der Waals surface area contributed by atoms with E-state index in [1.54, 1.807) is 18.6 Å². The third-order valence-corrected chi connectivity index (χ3v) is 2.05. The Balaban J connectivity index is 2.25. The minimum atomic E-state index is 0.430. The molecular formula is C10H13N5. The molecule has 0 aromatic carbocycles. The number of aryl methyl sites for hydroxylation is 1. The molecule has 0 saturated carbocycles. The van der Waals surface area contributed by atoms with Crippen molar-refractivity contribution in [1.82, 2.24) is 19.7 Å². The third kappa shape index (κ3) is 2.12. The summed E-state index contributed by atoms with van der Waals surface area (Å²) >= 11 is 0. The van der Waals surface area contributed by atoms with E-state index in [-0.39, 0.29) is 0 Å². The molecule has 2 aromatic rings. The fraction of sp³-hybridized carbons (Fsp3) is 0.300. The third-order valence-electron chi connectivity index (χ3n) is 2.05. The average Bonchev–Trinajstić information content (AvgIpc) is 2.68. The Hall–Kier alpha value is -1.91.